The third-order valence-corrected chi connectivity index (χ3v) is 4.86. The number of sulfonamides is 1. The Bertz CT molecular complexity index is 811. The maximum atomic E-state index is 12.6. The second-order valence-corrected chi connectivity index (χ2v) is 7.92. The molecule has 0 radical (unpaired) electrons. The first-order valence-electron chi connectivity index (χ1n) is 7.33. The van der Waals surface area contributed by atoms with Crippen LogP contribution in [0.5, 0.6) is 5.88 Å². The van der Waals surface area contributed by atoms with Crippen molar-refractivity contribution in [3.8, 4) is 5.88 Å². The molecule has 0 atom stereocenters. The molecule has 0 bridgehead atoms. The zero-order chi connectivity index (χ0) is 16.7. The maximum Gasteiger partial charge on any atom is 0.268 e. The zero-order valence-electron chi connectivity index (χ0n) is 13.3. The van der Waals surface area contributed by atoms with Gasteiger partial charge in [-0.3, -0.25) is 4.72 Å². The second kappa shape index (κ2) is 5.48. The van der Waals surface area contributed by atoms with Gasteiger partial charge in [0.25, 0.3) is 10.0 Å². The number of aromatic nitrogens is 4. The van der Waals surface area contributed by atoms with E-state index < -0.39 is 10.0 Å². The van der Waals surface area contributed by atoms with E-state index in [4.69, 9.17) is 4.74 Å². The van der Waals surface area contributed by atoms with Crippen LogP contribution in [0.3, 0.4) is 0 Å². The van der Waals surface area contributed by atoms with Gasteiger partial charge in [0, 0.05) is 11.8 Å². The van der Waals surface area contributed by atoms with Gasteiger partial charge >= 0.3 is 0 Å². The number of ether oxygens (including phenoxy) is 1. The molecule has 0 fully saturated rings. The van der Waals surface area contributed by atoms with E-state index in [1.165, 1.54) is 18.6 Å². The molecule has 1 aliphatic heterocycles. The molecule has 8 nitrogen and oxygen atoms in total. The number of hydrogen-bond acceptors (Lipinski definition) is 6. The summed E-state index contributed by atoms with van der Waals surface area (Å²) in [5.74, 6) is 0.921. The van der Waals surface area contributed by atoms with Gasteiger partial charge in [-0.05, 0) is 0 Å². The highest BCUT2D eigenvalue weighted by Gasteiger charge is 2.33. The highest BCUT2D eigenvalue weighted by atomic mass is 32.2. The molecule has 9 heteroatoms. The van der Waals surface area contributed by atoms with Crippen molar-refractivity contribution >= 4 is 15.7 Å². The van der Waals surface area contributed by atoms with Crippen molar-refractivity contribution in [3.63, 3.8) is 0 Å². The topological polar surface area (TPSA) is 99.0 Å². The largest absolute Gasteiger partial charge is 0.476 e. The van der Waals surface area contributed by atoms with Crippen molar-refractivity contribution < 1.29 is 13.2 Å². The maximum absolute atomic E-state index is 12.6. The highest BCUT2D eigenvalue weighted by Crippen LogP contribution is 2.33. The smallest absolute Gasteiger partial charge is 0.268 e. The summed E-state index contributed by atoms with van der Waals surface area (Å²) in [4.78, 5) is 8.18. The number of fused-ring (bicyclic) bond motifs is 1. The second-order valence-electron chi connectivity index (χ2n) is 6.27. The first-order valence-corrected chi connectivity index (χ1v) is 8.81. The molecular weight excluding hydrogens is 318 g/mol. The Kier molecular flexibility index (Phi) is 3.75. The average molecular weight is 337 g/mol. The molecule has 0 saturated carbocycles. The lowest BCUT2D eigenvalue weighted by Gasteiger charge is -2.30. The molecule has 2 aromatic rings. The van der Waals surface area contributed by atoms with Crippen LogP contribution < -0.4 is 9.46 Å². The monoisotopic (exact) mass is 337 g/mol. The van der Waals surface area contributed by atoms with Gasteiger partial charge in [0.2, 0.25) is 5.88 Å². The van der Waals surface area contributed by atoms with Crippen LogP contribution in [0.25, 0.3) is 0 Å². The highest BCUT2D eigenvalue weighted by molar-refractivity contribution is 7.92. The van der Waals surface area contributed by atoms with Crippen LogP contribution in [0.15, 0.2) is 23.5 Å². The number of nitrogens with zero attached hydrogens (tertiary/aromatic N) is 4. The van der Waals surface area contributed by atoms with E-state index in [1.54, 1.807) is 4.68 Å². The molecule has 124 valence electrons. The summed E-state index contributed by atoms with van der Waals surface area (Å²) in [6.07, 6.45) is 4.89. The zero-order valence-corrected chi connectivity index (χ0v) is 14.1. The lowest BCUT2D eigenvalue weighted by molar-refractivity contribution is 0.0971. The number of hydrogen-bond donors (Lipinski definition) is 1. The van der Waals surface area contributed by atoms with Gasteiger partial charge in [0.05, 0.1) is 37.4 Å². The fraction of sp³-hybridized carbons (Fsp3) is 0.500. The van der Waals surface area contributed by atoms with E-state index >= 15 is 0 Å². The molecule has 3 heterocycles. The van der Waals surface area contributed by atoms with E-state index in [-0.39, 0.29) is 16.2 Å². The Balaban J connectivity index is 1.87. The van der Waals surface area contributed by atoms with Crippen LogP contribution in [-0.4, -0.2) is 34.8 Å². The van der Waals surface area contributed by atoms with E-state index in [0.717, 1.165) is 0 Å². The third-order valence-electron chi connectivity index (χ3n) is 3.50. The first-order chi connectivity index (χ1) is 10.8. The van der Waals surface area contributed by atoms with Crippen LogP contribution in [0.4, 0.5) is 5.69 Å². The summed E-state index contributed by atoms with van der Waals surface area (Å²) in [5, 5.41) is 4.13. The standard InChI is InChI=1S/C14H19N5O3S/c1-4-12-15-5-10(6-16-12)18-23(20,21)11-7-17-19-8-14(2,3)9-22-13(11)19/h5-7,18H,4,8-9H2,1-3H3. The Labute approximate surface area is 135 Å². The summed E-state index contributed by atoms with van der Waals surface area (Å²) in [7, 11) is -3.81. The van der Waals surface area contributed by atoms with Gasteiger partial charge in [-0.2, -0.15) is 5.10 Å². The van der Waals surface area contributed by atoms with Crippen LogP contribution >= 0.6 is 0 Å². The van der Waals surface area contributed by atoms with Crippen LogP contribution in [0.2, 0.25) is 0 Å². The molecule has 0 aromatic carbocycles. The fourth-order valence-electron chi connectivity index (χ4n) is 2.31. The van der Waals surface area contributed by atoms with Crippen molar-refractivity contribution in [2.75, 3.05) is 11.3 Å². The Morgan fingerprint density at radius 1 is 1.30 bits per heavy atom. The lowest BCUT2D eigenvalue weighted by atomic mass is 9.94. The molecule has 0 saturated heterocycles. The number of rotatable bonds is 4. The van der Waals surface area contributed by atoms with E-state index in [2.05, 4.69) is 19.8 Å². The molecule has 23 heavy (non-hydrogen) atoms. The van der Waals surface area contributed by atoms with E-state index in [0.29, 0.717) is 31.1 Å². The predicted octanol–water partition coefficient (Wildman–Crippen LogP) is 1.45. The fourth-order valence-corrected chi connectivity index (χ4v) is 3.42. The summed E-state index contributed by atoms with van der Waals surface area (Å²) in [5.41, 5.74) is 0.218. The van der Waals surface area contributed by atoms with Crippen molar-refractivity contribution in [1.82, 2.24) is 19.7 Å². The van der Waals surface area contributed by atoms with Gasteiger partial charge in [0.15, 0.2) is 4.90 Å². The van der Waals surface area contributed by atoms with Gasteiger partial charge in [-0.25, -0.2) is 23.1 Å². The molecular formula is C14H19N5O3S. The van der Waals surface area contributed by atoms with Gasteiger partial charge < -0.3 is 4.74 Å². The molecule has 3 rings (SSSR count). The van der Waals surface area contributed by atoms with Crippen LogP contribution in [0.1, 0.15) is 26.6 Å². The number of anilines is 1. The molecule has 1 aliphatic rings. The number of nitrogens with one attached hydrogen (secondary N) is 1. The molecule has 0 amide bonds. The normalized spacial score (nSPS) is 16.5. The molecule has 0 spiro atoms. The summed E-state index contributed by atoms with van der Waals surface area (Å²) in [6.45, 7) is 7.05. The number of aryl methyl sites for hydroxylation is 1. The minimum atomic E-state index is -3.81. The predicted molar refractivity (Wildman–Crippen MR) is 83.7 cm³/mol. The quantitative estimate of drug-likeness (QED) is 0.906. The van der Waals surface area contributed by atoms with Crippen LogP contribution in [0, 0.1) is 5.41 Å². The Morgan fingerprint density at radius 3 is 2.65 bits per heavy atom. The van der Waals surface area contributed by atoms with Crippen molar-refractivity contribution in [3.05, 3.63) is 24.4 Å². The van der Waals surface area contributed by atoms with Crippen molar-refractivity contribution in [2.45, 2.75) is 38.6 Å². The third kappa shape index (κ3) is 3.14. The van der Waals surface area contributed by atoms with E-state index in [9.17, 15) is 8.42 Å². The molecule has 1 N–H and O–H groups in total. The van der Waals surface area contributed by atoms with Gasteiger partial charge in [-0.1, -0.05) is 20.8 Å². The van der Waals surface area contributed by atoms with Crippen molar-refractivity contribution in [1.29, 1.82) is 0 Å². The average Bonchev–Trinajstić information content (AvgIpc) is 2.90. The van der Waals surface area contributed by atoms with E-state index in [1.807, 2.05) is 20.8 Å². The molecule has 2 aromatic heterocycles. The summed E-state index contributed by atoms with van der Waals surface area (Å²) < 4.78 is 34.8. The first kappa shape index (κ1) is 15.7. The summed E-state index contributed by atoms with van der Waals surface area (Å²) >= 11 is 0. The Morgan fingerprint density at radius 2 is 2.00 bits per heavy atom. The van der Waals surface area contributed by atoms with Crippen LogP contribution in [-0.2, 0) is 23.0 Å². The van der Waals surface area contributed by atoms with Gasteiger partial charge in [-0.15, -0.1) is 0 Å². The minimum Gasteiger partial charge on any atom is -0.476 e. The SMILES string of the molecule is CCc1ncc(NS(=O)(=O)c2cnn3c2OCC(C)(C)C3)cn1. The molecule has 0 aliphatic carbocycles. The molecule has 0 unspecified atom stereocenters. The lowest BCUT2D eigenvalue weighted by Crippen LogP contribution is -2.33. The Hall–Kier alpha value is -2.16. The summed E-state index contributed by atoms with van der Waals surface area (Å²) in [6, 6.07) is 0. The minimum absolute atomic E-state index is 0.0209. The van der Waals surface area contributed by atoms with Crippen molar-refractivity contribution in [2.24, 2.45) is 5.41 Å². The van der Waals surface area contributed by atoms with Gasteiger partial charge in [0.1, 0.15) is 5.82 Å².